The number of aromatic nitrogens is 1. The lowest BCUT2D eigenvalue weighted by atomic mass is 10.1. The summed E-state index contributed by atoms with van der Waals surface area (Å²) < 4.78 is 5.14. The van der Waals surface area contributed by atoms with Gasteiger partial charge in [-0.3, -0.25) is 9.59 Å². The second-order valence-electron chi connectivity index (χ2n) is 6.68. The number of ketones is 1. The first kappa shape index (κ1) is 21.9. The third-order valence-corrected chi connectivity index (χ3v) is 5.53. The SMILES string of the molecule is Cc1csc([C@H](C#N)C(=O)COC(=O)c2ccccc2C(=O)N(C)c2ccccc2)n1. The minimum absolute atomic E-state index is 0.0432. The minimum atomic E-state index is -1.10. The van der Waals surface area contributed by atoms with Crippen LogP contribution < -0.4 is 4.90 Å². The number of hydrogen-bond acceptors (Lipinski definition) is 7. The molecule has 0 N–H and O–H groups in total. The lowest BCUT2D eigenvalue weighted by molar-refractivity contribution is -0.122. The molecule has 156 valence electrons. The summed E-state index contributed by atoms with van der Waals surface area (Å²) in [5.74, 6) is -2.88. The molecule has 0 saturated heterocycles. The van der Waals surface area contributed by atoms with Gasteiger partial charge in [0.2, 0.25) is 0 Å². The standard InChI is InChI=1S/C23H19N3O4S/c1-15-14-31-21(25-15)19(12-24)20(27)13-30-23(29)18-11-7-6-10-17(18)22(28)26(2)16-8-4-3-5-9-16/h3-11,14,19H,13H2,1-2H3/t19-/m1/s1. The number of anilines is 1. The van der Waals surface area contributed by atoms with Crippen LogP contribution in [-0.4, -0.2) is 36.3 Å². The summed E-state index contributed by atoms with van der Waals surface area (Å²) in [4.78, 5) is 43.6. The number of aryl methyl sites for hydroxylation is 1. The summed E-state index contributed by atoms with van der Waals surface area (Å²) in [6.07, 6.45) is 0. The van der Waals surface area contributed by atoms with Crippen molar-refractivity contribution >= 4 is 34.7 Å². The monoisotopic (exact) mass is 433 g/mol. The number of para-hydroxylation sites is 1. The predicted molar refractivity (Wildman–Crippen MR) is 116 cm³/mol. The second-order valence-corrected chi connectivity index (χ2v) is 7.57. The van der Waals surface area contributed by atoms with Gasteiger partial charge < -0.3 is 9.64 Å². The van der Waals surface area contributed by atoms with Crippen molar-refractivity contribution in [1.29, 1.82) is 5.26 Å². The lowest BCUT2D eigenvalue weighted by Gasteiger charge is -2.18. The zero-order chi connectivity index (χ0) is 22.4. The molecule has 1 amide bonds. The third-order valence-electron chi connectivity index (χ3n) is 4.51. The maximum absolute atomic E-state index is 13.0. The van der Waals surface area contributed by atoms with Crippen molar-refractivity contribution < 1.29 is 19.1 Å². The molecule has 2 aromatic carbocycles. The van der Waals surface area contributed by atoms with Crippen molar-refractivity contribution in [3.8, 4) is 6.07 Å². The highest BCUT2D eigenvalue weighted by Crippen LogP contribution is 2.22. The highest BCUT2D eigenvalue weighted by Gasteiger charge is 2.26. The van der Waals surface area contributed by atoms with Crippen molar-refractivity contribution in [3.05, 3.63) is 81.8 Å². The fourth-order valence-electron chi connectivity index (χ4n) is 2.86. The van der Waals surface area contributed by atoms with Crippen LogP contribution in [0.4, 0.5) is 5.69 Å². The molecule has 31 heavy (non-hydrogen) atoms. The van der Waals surface area contributed by atoms with Crippen LogP contribution >= 0.6 is 11.3 Å². The Morgan fingerprint density at radius 3 is 2.35 bits per heavy atom. The molecular weight excluding hydrogens is 414 g/mol. The van der Waals surface area contributed by atoms with E-state index in [9.17, 15) is 19.6 Å². The van der Waals surface area contributed by atoms with Gasteiger partial charge in [0, 0.05) is 23.8 Å². The number of rotatable bonds is 7. The van der Waals surface area contributed by atoms with Crippen LogP contribution in [0, 0.1) is 18.3 Å². The summed E-state index contributed by atoms with van der Waals surface area (Å²) in [6, 6.07) is 17.1. The molecule has 3 rings (SSSR count). The number of amides is 1. The summed E-state index contributed by atoms with van der Waals surface area (Å²) >= 11 is 1.20. The fraction of sp³-hybridized carbons (Fsp3) is 0.174. The Labute approximate surface area is 183 Å². The lowest BCUT2D eigenvalue weighted by Crippen LogP contribution is -2.28. The van der Waals surface area contributed by atoms with E-state index in [0.29, 0.717) is 16.4 Å². The van der Waals surface area contributed by atoms with Gasteiger partial charge in [-0.05, 0) is 31.2 Å². The molecule has 8 heteroatoms. The van der Waals surface area contributed by atoms with Crippen molar-refractivity contribution in [1.82, 2.24) is 4.98 Å². The topological polar surface area (TPSA) is 100 Å². The Balaban J connectivity index is 1.73. The average Bonchev–Trinajstić information content (AvgIpc) is 3.23. The largest absolute Gasteiger partial charge is 0.454 e. The zero-order valence-electron chi connectivity index (χ0n) is 16.9. The molecule has 1 heterocycles. The van der Waals surface area contributed by atoms with E-state index in [1.165, 1.54) is 28.4 Å². The fourth-order valence-corrected chi connectivity index (χ4v) is 3.73. The van der Waals surface area contributed by atoms with Crippen LogP contribution in [0.25, 0.3) is 0 Å². The number of hydrogen-bond donors (Lipinski definition) is 0. The molecule has 0 spiro atoms. The highest BCUT2D eigenvalue weighted by molar-refractivity contribution is 7.09. The van der Waals surface area contributed by atoms with Crippen LogP contribution in [0.15, 0.2) is 60.0 Å². The van der Waals surface area contributed by atoms with Crippen molar-refractivity contribution in [3.63, 3.8) is 0 Å². The molecule has 0 aliphatic rings. The van der Waals surface area contributed by atoms with Gasteiger partial charge >= 0.3 is 5.97 Å². The third kappa shape index (κ3) is 5.02. The van der Waals surface area contributed by atoms with Crippen LogP contribution in [0.3, 0.4) is 0 Å². The van der Waals surface area contributed by atoms with Crippen LogP contribution in [0.2, 0.25) is 0 Å². The maximum atomic E-state index is 13.0. The number of Topliss-reactive ketones (excluding diaryl/α,β-unsaturated/α-hetero) is 1. The van der Waals surface area contributed by atoms with Gasteiger partial charge in [0.1, 0.15) is 5.01 Å². The quantitative estimate of drug-likeness (QED) is 0.526. The van der Waals surface area contributed by atoms with E-state index in [2.05, 4.69) is 4.98 Å². The molecule has 7 nitrogen and oxygen atoms in total. The molecule has 0 bridgehead atoms. The van der Waals surface area contributed by atoms with Crippen LogP contribution in [0.1, 0.15) is 37.3 Å². The molecule has 0 saturated carbocycles. The summed E-state index contributed by atoms with van der Waals surface area (Å²) in [5.41, 5.74) is 1.57. The Hall–Kier alpha value is -3.83. The Bertz CT molecular complexity index is 1150. The molecule has 0 radical (unpaired) electrons. The average molecular weight is 433 g/mol. The second kappa shape index (κ2) is 9.78. The van der Waals surface area contributed by atoms with Gasteiger partial charge in [-0.2, -0.15) is 5.26 Å². The van der Waals surface area contributed by atoms with E-state index < -0.39 is 30.2 Å². The molecule has 0 aliphatic carbocycles. The van der Waals surface area contributed by atoms with Crippen LogP contribution in [-0.2, 0) is 9.53 Å². The van der Waals surface area contributed by atoms with Gasteiger partial charge in [-0.15, -0.1) is 11.3 Å². The number of nitrogens with zero attached hydrogens (tertiary/aromatic N) is 3. The maximum Gasteiger partial charge on any atom is 0.339 e. The predicted octanol–water partition coefficient (Wildman–Crippen LogP) is 3.76. The minimum Gasteiger partial charge on any atom is -0.454 e. The number of ether oxygens (including phenoxy) is 1. The summed E-state index contributed by atoms with van der Waals surface area (Å²) in [6.45, 7) is 1.17. The summed E-state index contributed by atoms with van der Waals surface area (Å²) in [7, 11) is 1.61. The number of nitriles is 1. The van der Waals surface area contributed by atoms with Gasteiger partial charge in [-0.1, -0.05) is 30.3 Å². The van der Waals surface area contributed by atoms with Crippen LogP contribution in [0.5, 0.6) is 0 Å². The highest BCUT2D eigenvalue weighted by atomic mass is 32.1. The van der Waals surface area contributed by atoms with E-state index in [1.54, 1.807) is 55.7 Å². The molecule has 0 fully saturated rings. The van der Waals surface area contributed by atoms with Gasteiger partial charge in [0.05, 0.1) is 17.2 Å². The first-order chi connectivity index (χ1) is 14.9. The van der Waals surface area contributed by atoms with E-state index >= 15 is 0 Å². The first-order valence-electron chi connectivity index (χ1n) is 9.36. The molecule has 1 atom stereocenters. The van der Waals surface area contributed by atoms with E-state index in [4.69, 9.17) is 4.74 Å². The van der Waals surface area contributed by atoms with Crippen molar-refractivity contribution in [2.24, 2.45) is 0 Å². The normalized spacial score (nSPS) is 11.3. The zero-order valence-corrected chi connectivity index (χ0v) is 17.8. The Kier molecular flexibility index (Phi) is 6.90. The first-order valence-corrected chi connectivity index (χ1v) is 10.2. The van der Waals surface area contributed by atoms with Gasteiger partial charge in [0.25, 0.3) is 5.91 Å². The van der Waals surface area contributed by atoms with Crippen molar-refractivity contribution in [2.75, 3.05) is 18.6 Å². The number of esters is 1. The van der Waals surface area contributed by atoms with E-state index in [-0.39, 0.29) is 11.1 Å². The smallest absolute Gasteiger partial charge is 0.339 e. The Morgan fingerprint density at radius 1 is 1.10 bits per heavy atom. The Morgan fingerprint density at radius 2 is 1.74 bits per heavy atom. The summed E-state index contributed by atoms with van der Waals surface area (Å²) in [5, 5.41) is 11.4. The number of thiazole rings is 1. The molecular formula is C23H19N3O4S. The van der Waals surface area contributed by atoms with Gasteiger partial charge in [-0.25, -0.2) is 9.78 Å². The number of carbonyl (C=O) groups is 3. The molecule has 3 aromatic rings. The van der Waals surface area contributed by atoms with E-state index in [1.807, 2.05) is 12.1 Å². The van der Waals surface area contributed by atoms with Gasteiger partial charge in [0.15, 0.2) is 18.3 Å². The van der Waals surface area contributed by atoms with E-state index in [0.717, 1.165) is 0 Å². The number of carbonyl (C=O) groups excluding carboxylic acids is 3. The van der Waals surface area contributed by atoms with Crippen molar-refractivity contribution in [2.45, 2.75) is 12.8 Å². The number of benzene rings is 2. The molecule has 1 aromatic heterocycles. The molecule has 0 aliphatic heterocycles. The molecule has 0 unspecified atom stereocenters.